The van der Waals surface area contributed by atoms with E-state index in [1.165, 1.54) is 0 Å². The number of rotatable bonds is 7. The van der Waals surface area contributed by atoms with Crippen LogP contribution in [0.15, 0.2) is 24.3 Å². The minimum absolute atomic E-state index is 0.00591. The highest BCUT2D eigenvalue weighted by molar-refractivity contribution is 5.91. The molecule has 2 N–H and O–H groups in total. The zero-order valence-corrected chi connectivity index (χ0v) is 15.4. The molecule has 0 aromatic heterocycles. The van der Waals surface area contributed by atoms with Gasteiger partial charge in [0, 0.05) is 43.9 Å². The second-order valence-corrected chi connectivity index (χ2v) is 6.56. The lowest BCUT2D eigenvalue weighted by molar-refractivity contribution is -0.121. The average Bonchev–Trinajstić information content (AvgIpc) is 2.55. The van der Waals surface area contributed by atoms with Crippen LogP contribution in [0.3, 0.4) is 0 Å². The SMILES string of the molecule is CCNC(=O)CCCC(=O)Nc1ccc(N2C[C@@H](C)O[C@@H](C)C2)cc1. The highest BCUT2D eigenvalue weighted by atomic mass is 16.5. The second-order valence-electron chi connectivity index (χ2n) is 6.56. The van der Waals surface area contributed by atoms with Crippen LogP contribution in [-0.4, -0.2) is 43.7 Å². The molecule has 6 heteroatoms. The van der Waals surface area contributed by atoms with Crippen molar-refractivity contribution in [3.05, 3.63) is 24.3 Å². The molecule has 1 aliphatic heterocycles. The molecule has 1 fully saturated rings. The third-order valence-corrected chi connectivity index (χ3v) is 4.12. The first-order chi connectivity index (χ1) is 12.0. The first-order valence-electron chi connectivity index (χ1n) is 9.05. The van der Waals surface area contributed by atoms with Gasteiger partial charge in [0.1, 0.15) is 0 Å². The summed E-state index contributed by atoms with van der Waals surface area (Å²) in [4.78, 5) is 25.6. The van der Waals surface area contributed by atoms with Crippen LogP contribution in [0.25, 0.3) is 0 Å². The third-order valence-electron chi connectivity index (χ3n) is 4.12. The molecule has 25 heavy (non-hydrogen) atoms. The molecular weight excluding hydrogens is 318 g/mol. The monoisotopic (exact) mass is 347 g/mol. The summed E-state index contributed by atoms with van der Waals surface area (Å²) in [7, 11) is 0. The number of carbonyl (C=O) groups excluding carboxylic acids is 2. The van der Waals surface area contributed by atoms with E-state index in [0.717, 1.165) is 24.5 Å². The number of hydrogen-bond donors (Lipinski definition) is 2. The van der Waals surface area contributed by atoms with Gasteiger partial charge in [-0.1, -0.05) is 0 Å². The van der Waals surface area contributed by atoms with Crippen molar-refractivity contribution >= 4 is 23.2 Å². The minimum Gasteiger partial charge on any atom is -0.372 e. The summed E-state index contributed by atoms with van der Waals surface area (Å²) in [5.74, 6) is -0.0701. The molecule has 1 saturated heterocycles. The predicted molar refractivity (Wildman–Crippen MR) is 99.8 cm³/mol. The van der Waals surface area contributed by atoms with Crippen molar-refractivity contribution in [1.82, 2.24) is 5.32 Å². The Balaban J connectivity index is 1.79. The Kier molecular flexibility index (Phi) is 7.25. The number of hydrogen-bond acceptors (Lipinski definition) is 4. The Morgan fingerprint density at radius 1 is 1.08 bits per heavy atom. The molecule has 0 unspecified atom stereocenters. The normalized spacial score (nSPS) is 20.2. The smallest absolute Gasteiger partial charge is 0.224 e. The van der Waals surface area contributed by atoms with Gasteiger partial charge in [0.15, 0.2) is 0 Å². The van der Waals surface area contributed by atoms with E-state index in [4.69, 9.17) is 4.74 Å². The number of ether oxygens (including phenoxy) is 1. The molecule has 0 saturated carbocycles. The Morgan fingerprint density at radius 3 is 2.28 bits per heavy atom. The van der Waals surface area contributed by atoms with E-state index >= 15 is 0 Å². The minimum atomic E-state index is -0.0642. The maximum Gasteiger partial charge on any atom is 0.224 e. The summed E-state index contributed by atoms with van der Waals surface area (Å²) in [5.41, 5.74) is 1.91. The lowest BCUT2D eigenvalue weighted by Gasteiger charge is -2.36. The van der Waals surface area contributed by atoms with Gasteiger partial charge in [-0.3, -0.25) is 9.59 Å². The Hall–Kier alpha value is -2.08. The van der Waals surface area contributed by atoms with Crippen LogP contribution in [0.2, 0.25) is 0 Å². The maximum atomic E-state index is 12.0. The van der Waals surface area contributed by atoms with Gasteiger partial charge in [-0.15, -0.1) is 0 Å². The van der Waals surface area contributed by atoms with Crippen LogP contribution >= 0.6 is 0 Å². The average molecular weight is 347 g/mol. The molecule has 0 bridgehead atoms. The molecule has 0 radical (unpaired) electrons. The van der Waals surface area contributed by atoms with Crippen LogP contribution in [0, 0.1) is 0 Å². The van der Waals surface area contributed by atoms with E-state index in [9.17, 15) is 9.59 Å². The van der Waals surface area contributed by atoms with Crippen LogP contribution in [0.1, 0.15) is 40.0 Å². The number of nitrogens with one attached hydrogen (secondary N) is 2. The van der Waals surface area contributed by atoms with E-state index in [1.807, 2.05) is 31.2 Å². The van der Waals surface area contributed by atoms with E-state index in [1.54, 1.807) is 0 Å². The highest BCUT2D eigenvalue weighted by Gasteiger charge is 2.22. The topological polar surface area (TPSA) is 70.7 Å². The molecule has 2 amide bonds. The number of morpholine rings is 1. The lowest BCUT2D eigenvalue weighted by atomic mass is 10.2. The predicted octanol–water partition coefficient (Wildman–Crippen LogP) is 2.55. The summed E-state index contributed by atoms with van der Waals surface area (Å²) in [5, 5.41) is 5.61. The molecule has 2 atom stereocenters. The van der Waals surface area contributed by atoms with E-state index < -0.39 is 0 Å². The van der Waals surface area contributed by atoms with Crippen molar-refractivity contribution in [2.45, 2.75) is 52.2 Å². The van der Waals surface area contributed by atoms with E-state index in [0.29, 0.717) is 25.8 Å². The van der Waals surface area contributed by atoms with Gasteiger partial charge in [0.2, 0.25) is 11.8 Å². The number of nitrogens with zero attached hydrogens (tertiary/aromatic N) is 1. The van der Waals surface area contributed by atoms with Gasteiger partial charge in [0.25, 0.3) is 0 Å². The fraction of sp³-hybridized carbons (Fsp3) is 0.579. The molecule has 6 nitrogen and oxygen atoms in total. The summed E-state index contributed by atoms with van der Waals surface area (Å²) in [6.45, 7) is 8.41. The fourth-order valence-corrected chi connectivity index (χ4v) is 3.06. The van der Waals surface area contributed by atoms with Gasteiger partial charge in [-0.25, -0.2) is 0 Å². The standard InChI is InChI=1S/C19H29N3O3/c1-4-20-18(23)6-5-7-19(24)21-16-8-10-17(11-9-16)22-12-14(2)25-15(3)13-22/h8-11,14-15H,4-7,12-13H2,1-3H3,(H,20,23)(H,21,24)/t14-,15+. The van der Waals surface area contributed by atoms with Crippen molar-refractivity contribution in [3.63, 3.8) is 0 Å². The van der Waals surface area contributed by atoms with Crippen LogP contribution in [0.5, 0.6) is 0 Å². The lowest BCUT2D eigenvalue weighted by Crippen LogP contribution is -2.45. The molecule has 0 aliphatic carbocycles. The Bertz CT molecular complexity index is 564. The summed E-state index contributed by atoms with van der Waals surface area (Å²) in [6.07, 6.45) is 1.71. The van der Waals surface area contributed by atoms with Crippen LogP contribution < -0.4 is 15.5 Å². The van der Waals surface area contributed by atoms with Gasteiger partial charge in [-0.2, -0.15) is 0 Å². The van der Waals surface area contributed by atoms with Crippen molar-refractivity contribution in [2.75, 3.05) is 29.9 Å². The quantitative estimate of drug-likeness (QED) is 0.795. The van der Waals surface area contributed by atoms with Gasteiger partial charge < -0.3 is 20.3 Å². The largest absolute Gasteiger partial charge is 0.372 e. The molecule has 2 rings (SSSR count). The highest BCUT2D eigenvalue weighted by Crippen LogP contribution is 2.22. The Morgan fingerprint density at radius 2 is 1.68 bits per heavy atom. The summed E-state index contributed by atoms with van der Waals surface area (Å²) in [6, 6.07) is 7.88. The first-order valence-corrected chi connectivity index (χ1v) is 9.05. The zero-order valence-electron chi connectivity index (χ0n) is 15.4. The fourth-order valence-electron chi connectivity index (χ4n) is 3.06. The zero-order chi connectivity index (χ0) is 18.2. The van der Waals surface area contributed by atoms with Gasteiger partial charge in [-0.05, 0) is 51.5 Å². The maximum absolute atomic E-state index is 12.0. The van der Waals surface area contributed by atoms with Crippen molar-refractivity contribution in [3.8, 4) is 0 Å². The summed E-state index contributed by atoms with van der Waals surface area (Å²) < 4.78 is 5.76. The van der Waals surface area contributed by atoms with Crippen molar-refractivity contribution in [2.24, 2.45) is 0 Å². The second kappa shape index (κ2) is 9.42. The number of benzene rings is 1. The molecule has 1 aliphatic rings. The molecule has 1 aromatic rings. The van der Waals surface area contributed by atoms with Crippen molar-refractivity contribution < 1.29 is 14.3 Å². The summed E-state index contributed by atoms with van der Waals surface area (Å²) >= 11 is 0. The molecule has 0 spiro atoms. The van der Waals surface area contributed by atoms with Gasteiger partial charge in [0.05, 0.1) is 12.2 Å². The number of anilines is 2. The van der Waals surface area contributed by atoms with Gasteiger partial charge >= 0.3 is 0 Å². The van der Waals surface area contributed by atoms with Crippen LogP contribution in [-0.2, 0) is 14.3 Å². The molecular formula is C19H29N3O3. The van der Waals surface area contributed by atoms with Crippen LogP contribution in [0.4, 0.5) is 11.4 Å². The molecule has 1 aromatic carbocycles. The first kappa shape index (κ1) is 19.2. The number of carbonyl (C=O) groups is 2. The van der Waals surface area contributed by atoms with E-state index in [2.05, 4.69) is 29.4 Å². The number of amides is 2. The molecule has 138 valence electrons. The Labute approximate surface area is 149 Å². The third kappa shape index (κ3) is 6.38. The molecule has 1 heterocycles. The van der Waals surface area contributed by atoms with E-state index in [-0.39, 0.29) is 24.0 Å². The van der Waals surface area contributed by atoms with Crippen molar-refractivity contribution in [1.29, 1.82) is 0 Å².